The van der Waals surface area contributed by atoms with Gasteiger partial charge < -0.3 is 22.8 Å². The molecular formula is C11H15O3PdS-. The van der Waals surface area contributed by atoms with E-state index in [1.165, 1.54) is 5.56 Å². The van der Waals surface area contributed by atoms with Crippen molar-refractivity contribution < 1.29 is 35.4 Å². The van der Waals surface area contributed by atoms with Gasteiger partial charge in [-0.1, -0.05) is 29.8 Å². The van der Waals surface area contributed by atoms with Crippen LogP contribution in [0.3, 0.4) is 0 Å². The van der Waals surface area contributed by atoms with Crippen molar-refractivity contribution in [3.63, 3.8) is 0 Å². The molecule has 0 aliphatic rings. The minimum absolute atomic E-state index is 0. The molecule has 0 radical (unpaired) electrons. The first-order valence-electron chi connectivity index (χ1n) is 4.56. The zero-order chi connectivity index (χ0) is 11.7. The summed E-state index contributed by atoms with van der Waals surface area (Å²) in [6, 6.07) is 7.84. The largest absolute Gasteiger partial charge is 0.792 e. The molecule has 0 aliphatic heterocycles. The molecule has 0 aromatic heterocycles. The average Bonchev–Trinajstić information content (AvgIpc) is 2.20. The first kappa shape index (κ1) is 18.0. The molecule has 1 aromatic carbocycles. The van der Waals surface area contributed by atoms with E-state index in [0.29, 0.717) is 5.75 Å². The van der Waals surface area contributed by atoms with Gasteiger partial charge in [0.1, 0.15) is 0 Å². The van der Waals surface area contributed by atoms with Crippen molar-refractivity contribution in [1.29, 1.82) is 0 Å². The fourth-order valence-electron chi connectivity index (χ4n) is 0.781. The summed E-state index contributed by atoms with van der Waals surface area (Å²) in [4.78, 5) is 9.53. The summed E-state index contributed by atoms with van der Waals surface area (Å²) in [5.74, 6) is -0.500. The normalized spacial score (nSPS) is 8.44. The Morgan fingerprint density at radius 1 is 1.31 bits per heavy atom. The zero-order valence-electron chi connectivity index (χ0n) is 8.96. The van der Waals surface area contributed by atoms with Crippen LogP contribution in [0, 0.1) is 6.92 Å². The first-order valence-corrected chi connectivity index (χ1v) is 5.14. The number of aryl methyl sites for hydroxylation is 1. The number of hydrogen-bond acceptors (Lipinski definition) is 3. The van der Waals surface area contributed by atoms with Crippen LogP contribution >= 0.6 is 0 Å². The van der Waals surface area contributed by atoms with Gasteiger partial charge in [0, 0.05) is 26.8 Å². The van der Waals surface area contributed by atoms with Gasteiger partial charge in [0.15, 0.2) is 0 Å². The van der Waals surface area contributed by atoms with Crippen molar-refractivity contribution in [1.82, 2.24) is 0 Å². The second kappa shape index (κ2) is 11.2. The predicted octanol–water partition coefficient (Wildman–Crippen LogP) is 1.49. The Kier molecular flexibility index (Phi) is 12.6. The Hall–Kier alpha value is -0.338. The number of rotatable bonds is 3. The Morgan fingerprint density at radius 2 is 1.81 bits per heavy atom. The number of aliphatic carboxylic acids is 1. The molecule has 3 nitrogen and oxygen atoms in total. The fraction of sp³-hybridized carbons (Fsp3) is 0.364. The van der Waals surface area contributed by atoms with Crippen molar-refractivity contribution in [3.05, 3.63) is 35.4 Å². The third-order valence-corrected chi connectivity index (χ3v) is 1.82. The number of aliphatic hydroxyl groups is 1. The number of carbonyl (C=O) groups is 1. The third kappa shape index (κ3) is 10.2. The van der Waals surface area contributed by atoms with E-state index in [1.54, 1.807) is 0 Å². The van der Waals surface area contributed by atoms with Crippen molar-refractivity contribution in [2.45, 2.75) is 20.0 Å². The maximum absolute atomic E-state index is 9.53. The molecule has 0 unspecified atom stereocenters. The smallest absolute Gasteiger partial charge is 0.301 e. The predicted molar refractivity (Wildman–Crippen MR) is 61.6 cm³/mol. The molecular weight excluding hydrogens is 319 g/mol. The van der Waals surface area contributed by atoms with Gasteiger partial charge in [-0.15, -0.1) is 0 Å². The molecule has 0 spiro atoms. The summed E-state index contributed by atoms with van der Waals surface area (Å²) >= 11 is 4.35. The van der Waals surface area contributed by atoms with E-state index in [1.807, 2.05) is 31.2 Å². The van der Waals surface area contributed by atoms with Crippen LogP contribution in [0.15, 0.2) is 24.3 Å². The molecule has 0 saturated heterocycles. The number of benzene rings is 1. The second-order valence-electron chi connectivity index (χ2n) is 2.99. The van der Waals surface area contributed by atoms with Crippen LogP contribution < -0.4 is 0 Å². The van der Waals surface area contributed by atoms with Crippen LogP contribution in [0.1, 0.15) is 17.5 Å². The summed E-state index contributed by atoms with van der Waals surface area (Å²) in [5, 5.41) is 16.5. The van der Waals surface area contributed by atoms with Crippen molar-refractivity contribution in [3.8, 4) is 0 Å². The fourth-order valence-corrected chi connectivity index (χ4v) is 0.955. The maximum Gasteiger partial charge on any atom is 0.301 e. The maximum atomic E-state index is 9.53. The van der Waals surface area contributed by atoms with Crippen molar-refractivity contribution >= 4 is 18.6 Å². The molecule has 94 valence electrons. The molecule has 2 N–H and O–H groups in total. The number of carboxylic acids is 1. The summed E-state index contributed by atoms with van der Waals surface area (Å²) < 4.78 is 0. The minimum Gasteiger partial charge on any atom is -0.792 e. The molecule has 1 rings (SSSR count). The second-order valence-corrected chi connectivity index (χ2v) is 3.40. The van der Waals surface area contributed by atoms with E-state index in [9.17, 15) is 4.79 Å². The van der Waals surface area contributed by atoms with Gasteiger partial charge in [-0.3, -0.25) is 4.79 Å². The molecule has 16 heavy (non-hydrogen) atoms. The Labute approximate surface area is 115 Å². The van der Waals surface area contributed by atoms with Gasteiger partial charge in [-0.05, 0) is 12.5 Å². The van der Waals surface area contributed by atoms with E-state index in [0.717, 1.165) is 5.56 Å². The molecule has 0 atom stereocenters. The molecule has 1 aromatic rings. The Balaban J connectivity index is 0. The SMILES string of the molecule is Cc1ccc(CO)cc1.O=C(O)CC[S-].[Pd]. The molecule has 5 heteroatoms. The van der Waals surface area contributed by atoms with E-state index in [-0.39, 0.29) is 33.5 Å². The number of aliphatic hydroxyl groups excluding tert-OH is 1. The summed E-state index contributed by atoms with van der Waals surface area (Å²) in [6.07, 6.45) is 0.106. The topological polar surface area (TPSA) is 57.5 Å². The zero-order valence-corrected chi connectivity index (χ0v) is 11.3. The number of hydrogen-bond donors (Lipinski definition) is 2. The van der Waals surface area contributed by atoms with Gasteiger partial charge >= 0.3 is 5.97 Å². The quantitative estimate of drug-likeness (QED) is 0.650. The number of carboxylic acid groups (broad SMARTS) is 1. The summed E-state index contributed by atoms with van der Waals surface area (Å²) in [6.45, 7) is 2.17. The molecule has 0 heterocycles. The standard InChI is InChI=1S/C8H10O.C3H6O2S.Pd/c1-7-2-4-8(6-9)5-3-7;4-3(5)1-2-6;/h2-5,9H,6H2,1H3;6H,1-2H2,(H,4,5);/p-1. The van der Waals surface area contributed by atoms with Crippen LogP contribution in [0.4, 0.5) is 0 Å². The van der Waals surface area contributed by atoms with Gasteiger partial charge in [0.25, 0.3) is 0 Å². The van der Waals surface area contributed by atoms with Crippen LogP contribution in [0.2, 0.25) is 0 Å². The van der Waals surface area contributed by atoms with Crippen molar-refractivity contribution in [2.24, 2.45) is 0 Å². The van der Waals surface area contributed by atoms with E-state index in [2.05, 4.69) is 12.6 Å². The van der Waals surface area contributed by atoms with Gasteiger partial charge in [0.05, 0.1) is 6.61 Å². The van der Waals surface area contributed by atoms with Crippen molar-refractivity contribution in [2.75, 3.05) is 5.75 Å². The summed E-state index contributed by atoms with van der Waals surface area (Å²) in [5.41, 5.74) is 2.20. The minimum atomic E-state index is -0.815. The molecule has 0 fully saturated rings. The third-order valence-electron chi connectivity index (χ3n) is 1.62. The monoisotopic (exact) mass is 333 g/mol. The van der Waals surface area contributed by atoms with Crippen LogP contribution in [0.5, 0.6) is 0 Å². The molecule has 0 saturated carbocycles. The Bertz CT molecular complexity index is 288. The molecule has 0 aliphatic carbocycles. The van der Waals surface area contributed by atoms with E-state index >= 15 is 0 Å². The van der Waals surface area contributed by atoms with Crippen LogP contribution in [-0.2, 0) is 44.5 Å². The first-order chi connectivity index (χ1) is 7.10. The molecule has 0 amide bonds. The van der Waals surface area contributed by atoms with Gasteiger partial charge in [-0.25, -0.2) is 0 Å². The van der Waals surface area contributed by atoms with E-state index in [4.69, 9.17) is 10.2 Å². The van der Waals surface area contributed by atoms with Crippen LogP contribution in [-0.4, -0.2) is 21.9 Å². The average molecular weight is 334 g/mol. The van der Waals surface area contributed by atoms with Gasteiger partial charge in [-0.2, -0.15) is 5.75 Å². The van der Waals surface area contributed by atoms with Gasteiger partial charge in [0.2, 0.25) is 0 Å². The van der Waals surface area contributed by atoms with E-state index < -0.39 is 5.97 Å². The Morgan fingerprint density at radius 3 is 2.06 bits per heavy atom. The molecule has 0 bridgehead atoms. The summed E-state index contributed by atoms with van der Waals surface area (Å²) in [7, 11) is 0. The van der Waals surface area contributed by atoms with Crippen LogP contribution in [0.25, 0.3) is 0 Å².